The van der Waals surface area contributed by atoms with Gasteiger partial charge < -0.3 is 9.47 Å². The molecular weight excluding hydrogens is 306 g/mol. The number of amides is 1. The molecule has 22 heavy (non-hydrogen) atoms. The maximum atomic E-state index is 11.5. The van der Waals surface area contributed by atoms with E-state index in [9.17, 15) is 4.79 Å². The van der Waals surface area contributed by atoms with Gasteiger partial charge in [0.1, 0.15) is 24.7 Å². The maximum Gasteiger partial charge on any atom is 0.281 e. The molecule has 1 N–H and O–H groups in total. The summed E-state index contributed by atoms with van der Waals surface area (Å²) in [4.78, 5) is 16.5. The zero-order valence-electron chi connectivity index (χ0n) is 11.8. The lowest BCUT2D eigenvalue weighted by molar-refractivity contribution is -0.136. The Morgan fingerprint density at radius 3 is 2.32 bits per heavy atom. The number of hydrogen-bond acceptors (Lipinski definition) is 4. The van der Waals surface area contributed by atoms with E-state index in [0.717, 1.165) is 5.75 Å². The highest BCUT2D eigenvalue weighted by molar-refractivity contribution is 6.30. The van der Waals surface area contributed by atoms with E-state index in [4.69, 9.17) is 25.9 Å². The van der Waals surface area contributed by atoms with Gasteiger partial charge in [0, 0.05) is 5.02 Å². The first-order valence-corrected chi connectivity index (χ1v) is 7.09. The summed E-state index contributed by atoms with van der Waals surface area (Å²) in [6.07, 6.45) is 0. The van der Waals surface area contributed by atoms with Gasteiger partial charge in [-0.1, -0.05) is 29.8 Å². The van der Waals surface area contributed by atoms with Gasteiger partial charge in [-0.2, -0.15) is 0 Å². The number of benzene rings is 2. The van der Waals surface area contributed by atoms with Gasteiger partial charge in [-0.25, -0.2) is 5.48 Å². The van der Waals surface area contributed by atoms with E-state index in [-0.39, 0.29) is 19.1 Å². The second-order valence-corrected chi connectivity index (χ2v) is 4.71. The maximum absolute atomic E-state index is 11.5. The van der Waals surface area contributed by atoms with Gasteiger partial charge in [-0.05, 0) is 36.4 Å². The lowest BCUT2D eigenvalue weighted by Gasteiger charge is -2.08. The molecule has 0 atom stereocenters. The molecule has 2 aromatic carbocycles. The minimum atomic E-state index is -0.380. The summed E-state index contributed by atoms with van der Waals surface area (Å²) >= 11 is 5.75. The van der Waals surface area contributed by atoms with Crippen LogP contribution in [-0.4, -0.2) is 25.7 Å². The molecule has 2 aromatic rings. The van der Waals surface area contributed by atoms with Gasteiger partial charge in [-0.15, -0.1) is 0 Å². The molecule has 0 radical (unpaired) electrons. The number of ether oxygens (including phenoxy) is 2. The monoisotopic (exact) mass is 321 g/mol. The molecule has 0 saturated carbocycles. The molecular formula is C16H16ClNO4. The van der Waals surface area contributed by atoms with Crippen LogP contribution in [-0.2, 0) is 9.63 Å². The van der Waals surface area contributed by atoms with Gasteiger partial charge in [-0.3, -0.25) is 9.63 Å². The highest BCUT2D eigenvalue weighted by Crippen LogP contribution is 2.15. The van der Waals surface area contributed by atoms with Crippen LogP contribution in [0.15, 0.2) is 54.6 Å². The van der Waals surface area contributed by atoms with Crippen LogP contribution in [0.1, 0.15) is 0 Å². The Labute approximate surface area is 133 Å². The molecule has 6 heteroatoms. The summed E-state index contributed by atoms with van der Waals surface area (Å²) in [6, 6.07) is 16.1. The van der Waals surface area contributed by atoms with E-state index >= 15 is 0 Å². The van der Waals surface area contributed by atoms with Crippen LogP contribution >= 0.6 is 11.6 Å². The number of para-hydroxylation sites is 1. The number of halogens is 1. The molecule has 0 aromatic heterocycles. The Balaban J connectivity index is 1.55. The van der Waals surface area contributed by atoms with Crippen molar-refractivity contribution in [3.63, 3.8) is 0 Å². The van der Waals surface area contributed by atoms with Crippen LogP contribution < -0.4 is 15.0 Å². The van der Waals surface area contributed by atoms with E-state index in [2.05, 4.69) is 5.48 Å². The lowest BCUT2D eigenvalue weighted by Crippen LogP contribution is -2.30. The summed E-state index contributed by atoms with van der Waals surface area (Å²) in [5.41, 5.74) is 2.28. The Bertz CT molecular complexity index is 574. The number of nitrogens with one attached hydrogen (secondary N) is 1. The molecule has 0 bridgehead atoms. The third kappa shape index (κ3) is 6.03. The van der Waals surface area contributed by atoms with E-state index < -0.39 is 0 Å². The average Bonchev–Trinajstić information content (AvgIpc) is 2.55. The Kier molecular flexibility index (Phi) is 6.54. The highest BCUT2D eigenvalue weighted by Gasteiger charge is 2.03. The number of carbonyl (C=O) groups excluding carboxylic acids is 1. The predicted octanol–water partition coefficient (Wildman–Crippen LogP) is 2.85. The topological polar surface area (TPSA) is 56.8 Å². The fourth-order valence-electron chi connectivity index (χ4n) is 1.56. The minimum absolute atomic E-state index is 0.138. The summed E-state index contributed by atoms with van der Waals surface area (Å²) in [6.45, 7) is 0.436. The van der Waals surface area contributed by atoms with Crippen molar-refractivity contribution in [3.8, 4) is 11.5 Å². The smallest absolute Gasteiger partial charge is 0.281 e. The molecule has 0 spiro atoms. The van der Waals surface area contributed by atoms with Crippen LogP contribution in [0.4, 0.5) is 0 Å². The van der Waals surface area contributed by atoms with Crippen LogP contribution in [0.2, 0.25) is 5.02 Å². The largest absolute Gasteiger partial charge is 0.491 e. The van der Waals surface area contributed by atoms with Crippen molar-refractivity contribution < 1.29 is 19.1 Å². The van der Waals surface area contributed by atoms with Gasteiger partial charge in [0.05, 0.1) is 0 Å². The minimum Gasteiger partial charge on any atom is -0.491 e. The van der Waals surface area contributed by atoms with Gasteiger partial charge in [0.25, 0.3) is 5.91 Å². The van der Waals surface area contributed by atoms with Crippen molar-refractivity contribution in [3.05, 3.63) is 59.6 Å². The molecule has 0 aliphatic carbocycles. The Morgan fingerprint density at radius 2 is 1.59 bits per heavy atom. The van der Waals surface area contributed by atoms with Gasteiger partial charge in [0.2, 0.25) is 0 Å². The highest BCUT2D eigenvalue weighted by atomic mass is 35.5. The predicted molar refractivity (Wildman–Crippen MR) is 83.0 cm³/mol. The van der Waals surface area contributed by atoms with Crippen LogP contribution in [0.25, 0.3) is 0 Å². The number of rotatable bonds is 8. The molecule has 0 fully saturated rings. The molecule has 0 heterocycles. The first-order chi connectivity index (χ1) is 10.7. The van der Waals surface area contributed by atoms with Crippen LogP contribution in [0.3, 0.4) is 0 Å². The standard InChI is InChI=1S/C16H16ClNO4/c17-13-6-8-15(9-7-13)21-12-16(19)18-22-11-10-20-14-4-2-1-3-5-14/h1-9H,10-12H2,(H,18,19). The molecule has 0 saturated heterocycles. The lowest BCUT2D eigenvalue weighted by atomic mass is 10.3. The Morgan fingerprint density at radius 1 is 0.909 bits per heavy atom. The van der Waals surface area contributed by atoms with Gasteiger partial charge in [0.15, 0.2) is 6.61 Å². The van der Waals surface area contributed by atoms with Crippen molar-refractivity contribution in [1.82, 2.24) is 5.48 Å². The van der Waals surface area contributed by atoms with E-state index in [0.29, 0.717) is 17.4 Å². The molecule has 116 valence electrons. The fraction of sp³-hybridized carbons (Fsp3) is 0.188. The Hall–Kier alpha value is -2.24. The summed E-state index contributed by atoms with van der Waals surface area (Å²) < 4.78 is 10.7. The summed E-state index contributed by atoms with van der Waals surface area (Å²) in [7, 11) is 0. The molecule has 2 rings (SSSR count). The van der Waals surface area contributed by atoms with Crippen molar-refractivity contribution in [1.29, 1.82) is 0 Å². The van der Waals surface area contributed by atoms with E-state index in [1.54, 1.807) is 24.3 Å². The molecule has 0 aliphatic heterocycles. The van der Waals surface area contributed by atoms with Crippen molar-refractivity contribution in [2.45, 2.75) is 0 Å². The third-order valence-corrected chi connectivity index (χ3v) is 2.82. The van der Waals surface area contributed by atoms with E-state index in [1.807, 2.05) is 30.3 Å². The summed E-state index contributed by atoms with van der Waals surface area (Å²) in [5, 5.41) is 0.610. The SMILES string of the molecule is O=C(COc1ccc(Cl)cc1)NOCCOc1ccccc1. The summed E-state index contributed by atoms with van der Waals surface area (Å²) in [5.74, 6) is 0.935. The number of hydroxylamine groups is 1. The van der Waals surface area contributed by atoms with Crippen molar-refractivity contribution in [2.75, 3.05) is 19.8 Å². The third-order valence-electron chi connectivity index (χ3n) is 2.57. The quantitative estimate of drug-likeness (QED) is 0.600. The van der Waals surface area contributed by atoms with Crippen LogP contribution in [0.5, 0.6) is 11.5 Å². The molecule has 0 aliphatic rings. The normalized spacial score (nSPS) is 10.0. The zero-order chi connectivity index (χ0) is 15.6. The zero-order valence-corrected chi connectivity index (χ0v) is 12.6. The first kappa shape index (κ1) is 16.1. The fourth-order valence-corrected chi connectivity index (χ4v) is 1.68. The van der Waals surface area contributed by atoms with Crippen LogP contribution in [0, 0.1) is 0 Å². The second kappa shape index (κ2) is 8.92. The van der Waals surface area contributed by atoms with Crippen molar-refractivity contribution >= 4 is 17.5 Å². The average molecular weight is 322 g/mol. The first-order valence-electron chi connectivity index (χ1n) is 6.71. The molecule has 0 unspecified atom stereocenters. The van der Waals surface area contributed by atoms with E-state index in [1.165, 1.54) is 0 Å². The molecule has 1 amide bonds. The number of hydrogen-bond donors (Lipinski definition) is 1. The molecule has 5 nitrogen and oxygen atoms in total. The number of carbonyl (C=O) groups is 1. The second-order valence-electron chi connectivity index (χ2n) is 4.28. The van der Waals surface area contributed by atoms with Crippen molar-refractivity contribution in [2.24, 2.45) is 0 Å². The van der Waals surface area contributed by atoms with Gasteiger partial charge >= 0.3 is 0 Å².